The third-order valence-corrected chi connectivity index (χ3v) is 6.13. The Morgan fingerprint density at radius 3 is 1.92 bits per heavy atom. The number of rotatable bonds is 2. The minimum atomic E-state index is -1.03. The summed E-state index contributed by atoms with van der Waals surface area (Å²) in [6.07, 6.45) is 0. The van der Waals surface area contributed by atoms with E-state index in [0.29, 0.717) is 0 Å². The van der Waals surface area contributed by atoms with E-state index in [1.165, 1.54) is 10.0 Å². The zero-order valence-electron chi connectivity index (χ0n) is 8.76. The van der Waals surface area contributed by atoms with Crippen molar-refractivity contribution in [2.24, 2.45) is 0 Å². The molecule has 1 aromatic carbocycles. The van der Waals surface area contributed by atoms with E-state index >= 15 is 0 Å². The lowest BCUT2D eigenvalue weighted by molar-refractivity contribution is 1.02. The first-order valence-corrected chi connectivity index (χ1v) is 9.04. The van der Waals surface area contributed by atoms with Crippen LogP contribution in [0.1, 0.15) is 18.0 Å². The molecule has 1 rings (SSSR count). The highest BCUT2D eigenvalue weighted by molar-refractivity contribution is 9.10. The van der Waals surface area contributed by atoms with E-state index in [1.807, 2.05) is 0 Å². The van der Waals surface area contributed by atoms with Gasteiger partial charge in [0.1, 0.15) is 0 Å². The van der Waals surface area contributed by atoms with Crippen LogP contribution in [0, 0.1) is 0 Å². The van der Waals surface area contributed by atoms with Crippen molar-refractivity contribution in [2.45, 2.75) is 32.1 Å². The average Bonchev–Trinajstić information content (AvgIpc) is 2.03. The standard InChI is InChI=1S/C11H17BrSi/c1-9(13(2,3)4)10-5-7-11(12)8-6-10/h5-9H,1-4H3. The second-order valence-corrected chi connectivity index (χ2v) is 11.2. The van der Waals surface area contributed by atoms with Gasteiger partial charge in [0, 0.05) is 4.47 Å². The van der Waals surface area contributed by atoms with Crippen LogP contribution in [0.3, 0.4) is 0 Å². The number of benzene rings is 1. The molecule has 0 amide bonds. The summed E-state index contributed by atoms with van der Waals surface area (Å²) in [4.78, 5) is 0. The van der Waals surface area contributed by atoms with Gasteiger partial charge in [-0.15, -0.1) is 0 Å². The molecule has 0 fully saturated rings. The van der Waals surface area contributed by atoms with Gasteiger partial charge in [0.05, 0.1) is 8.07 Å². The first-order valence-electron chi connectivity index (χ1n) is 4.67. The molecule has 1 aromatic rings. The monoisotopic (exact) mass is 256 g/mol. The second kappa shape index (κ2) is 3.97. The number of hydrogen-bond acceptors (Lipinski definition) is 0. The lowest BCUT2D eigenvalue weighted by atomic mass is 10.2. The van der Waals surface area contributed by atoms with Gasteiger partial charge < -0.3 is 0 Å². The molecule has 0 N–H and O–H groups in total. The van der Waals surface area contributed by atoms with Crippen LogP contribution >= 0.6 is 15.9 Å². The molecule has 0 aliphatic heterocycles. The van der Waals surface area contributed by atoms with Gasteiger partial charge in [0.25, 0.3) is 0 Å². The summed E-state index contributed by atoms with van der Waals surface area (Å²) in [5, 5.41) is 0. The highest BCUT2D eigenvalue weighted by Crippen LogP contribution is 2.27. The summed E-state index contributed by atoms with van der Waals surface area (Å²) in [5.74, 6) is 0. The molecule has 0 saturated heterocycles. The summed E-state index contributed by atoms with van der Waals surface area (Å²) in [6, 6.07) is 8.72. The highest BCUT2D eigenvalue weighted by atomic mass is 79.9. The molecule has 13 heavy (non-hydrogen) atoms. The molecule has 2 heteroatoms. The fourth-order valence-corrected chi connectivity index (χ4v) is 2.71. The molecule has 1 unspecified atom stereocenters. The zero-order valence-corrected chi connectivity index (χ0v) is 11.4. The summed E-state index contributed by atoms with van der Waals surface area (Å²) in [7, 11) is -1.03. The maximum atomic E-state index is 3.46. The van der Waals surface area contributed by atoms with E-state index in [0.717, 1.165) is 5.54 Å². The normalized spacial score (nSPS) is 14.2. The third kappa shape index (κ3) is 2.95. The van der Waals surface area contributed by atoms with Crippen LogP contribution in [-0.4, -0.2) is 8.07 Å². The van der Waals surface area contributed by atoms with Crippen LogP contribution in [0.4, 0.5) is 0 Å². The molecule has 0 nitrogen and oxygen atoms in total. The Hall–Kier alpha value is -0.0831. The molecule has 0 saturated carbocycles. The third-order valence-electron chi connectivity index (χ3n) is 2.67. The maximum Gasteiger partial charge on any atom is 0.0517 e. The Labute approximate surface area is 90.5 Å². The molecule has 0 radical (unpaired) electrons. The van der Waals surface area contributed by atoms with Crippen LogP contribution in [0.25, 0.3) is 0 Å². The van der Waals surface area contributed by atoms with Gasteiger partial charge in [-0.05, 0) is 23.2 Å². The molecule has 0 spiro atoms. The van der Waals surface area contributed by atoms with E-state index in [4.69, 9.17) is 0 Å². The SMILES string of the molecule is CC(c1ccc(Br)cc1)[Si](C)(C)C. The Balaban J connectivity index is 2.90. The van der Waals surface area contributed by atoms with Crippen molar-refractivity contribution in [3.63, 3.8) is 0 Å². The van der Waals surface area contributed by atoms with Crippen LogP contribution in [0.2, 0.25) is 19.6 Å². The fraction of sp³-hybridized carbons (Fsp3) is 0.455. The molecular weight excluding hydrogens is 240 g/mol. The van der Waals surface area contributed by atoms with E-state index in [2.05, 4.69) is 66.8 Å². The van der Waals surface area contributed by atoms with E-state index < -0.39 is 8.07 Å². The van der Waals surface area contributed by atoms with Crippen LogP contribution in [0.15, 0.2) is 28.7 Å². The van der Waals surface area contributed by atoms with Gasteiger partial charge in [-0.25, -0.2) is 0 Å². The van der Waals surface area contributed by atoms with Gasteiger partial charge in [-0.3, -0.25) is 0 Å². The highest BCUT2D eigenvalue weighted by Gasteiger charge is 2.23. The zero-order chi connectivity index (χ0) is 10.1. The van der Waals surface area contributed by atoms with E-state index in [-0.39, 0.29) is 0 Å². The number of hydrogen-bond donors (Lipinski definition) is 0. The second-order valence-electron chi connectivity index (χ2n) is 4.64. The molecule has 0 bridgehead atoms. The van der Waals surface area contributed by atoms with Gasteiger partial charge in [0.2, 0.25) is 0 Å². The predicted molar refractivity (Wildman–Crippen MR) is 65.9 cm³/mol. The van der Waals surface area contributed by atoms with Crippen molar-refractivity contribution >= 4 is 24.0 Å². The van der Waals surface area contributed by atoms with Crippen molar-refractivity contribution in [3.05, 3.63) is 34.3 Å². The van der Waals surface area contributed by atoms with Crippen LogP contribution in [-0.2, 0) is 0 Å². The molecule has 72 valence electrons. The summed E-state index contributed by atoms with van der Waals surface area (Å²) >= 11 is 3.46. The van der Waals surface area contributed by atoms with Gasteiger partial charge in [0.15, 0.2) is 0 Å². The lowest BCUT2D eigenvalue weighted by Gasteiger charge is -2.25. The van der Waals surface area contributed by atoms with E-state index in [1.54, 1.807) is 0 Å². The number of halogens is 1. The molecule has 0 aromatic heterocycles. The minimum absolute atomic E-state index is 0.737. The van der Waals surface area contributed by atoms with Crippen molar-refractivity contribution < 1.29 is 0 Å². The Morgan fingerprint density at radius 1 is 1.08 bits per heavy atom. The molecular formula is C11H17BrSi. The summed E-state index contributed by atoms with van der Waals surface area (Å²) in [5.41, 5.74) is 2.21. The first kappa shape index (κ1) is 11.0. The van der Waals surface area contributed by atoms with Gasteiger partial charge >= 0.3 is 0 Å². The van der Waals surface area contributed by atoms with Gasteiger partial charge in [-0.2, -0.15) is 0 Å². The van der Waals surface area contributed by atoms with Crippen molar-refractivity contribution in [1.29, 1.82) is 0 Å². The molecule has 0 heterocycles. The maximum absolute atomic E-state index is 3.46. The van der Waals surface area contributed by atoms with Crippen molar-refractivity contribution in [2.75, 3.05) is 0 Å². The van der Waals surface area contributed by atoms with E-state index in [9.17, 15) is 0 Å². The Morgan fingerprint density at radius 2 is 1.54 bits per heavy atom. The summed E-state index contributed by atoms with van der Waals surface area (Å²) < 4.78 is 1.17. The first-order chi connectivity index (χ1) is 5.91. The molecule has 1 atom stereocenters. The summed E-state index contributed by atoms with van der Waals surface area (Å²) in [6.45, 7) is 9.59. The average molecular weight is 257 g/mol. The molecule has 0 aliphatic rings. The largest absolute Gasteiger partial charge is 0.0691 e. The van der Waals surface area contributed by atoms with Crippen LogP contribution in [0.5, 0.6) is 0 Å². The van der Waals surface area contributed by atoms with Crippen molar-refractivity contribution in [3.8, 4) is 0 Å². The fourth-order valence-electron chi connectivity index (χ4n) is 1.25. The lowest BCUT2D eigenvalue weighted by Crippen LogP contribution is -2.28. The minimum Gasteiger partial charge on any atom is -0.0691 e. The Kier molecular flexibility index (Phi) is 3.36. The predicted octanol–water partition coefficient (Wildman–Crippen LogP) is 4.43. The van der Waals surface area contributed by atoms with Gasteiger partial charge in [-0.1, -0.05) is 54.6 Å². The Bertz CT molecular complexity index is 271. The molecule has 0 aliphatic carbocycles. The smallest absolute Gasteiger partial charge is 0.0517 e. The van der Waals surface area contributed by atoms with Crippen LogP contribution < -0.4 is 0 Å². The topological polar surface area (TPSA) is 0 Å². The van der Waals surface area contributed by atoms with Crippen molar-refractivity contribution in [1.82, 2.24) is 0 Å². The quantitative estimate of drug-likeness (QED) is 0.687.